The Hall–Kier alpha value is -1.59. The van der Waals surface area contributed by atoms with Crippen molar-refractivity contribution in [2.75, 3.05) is 10.6 Å². The van der Waals surface area contributed by atoms with E-state index >= 15 is 0 Å². The van der Waals surface area contributed by atoms with Gasteiger partial charge in [-0.25, -0.2) is 0 Å². The summed E-state index contributed by atoms with van der Waals surface area (Å²) in [7, 11) is 0. The Kier molecular flexibility index (Phi) is 4.30. The van der Waals surface area contributed by atoms with Crippen LogP contribution < -0.4 is 16.4 Å². The Morgan fingerprint density at radius 3 is 2.85 bits per heavy atom. The van der Waals surface area contributed by atoms with Gasteiger partial charge in [0.05, 0.1) is 6.42 Å². The van der Waals surface area contributed by atoms with Crippen molar-refractivity contribution >= 4 is 35.6 Å². The number of amides is 2. The van der Waals surface area contributed by atoms with E-state index in [0.29, 0.717) is 6.42 Å². The highest BCUT2D eigenvalue weighted by atomic mass is 35.5. The van der Waals surface area contributed by atoms with E-state index in [2.05, 4.69) is 10.6 Å². The molecule has 1 aliphatic heterocycles. The van der Waals surface area contributed by atoms with Gasteiger partial charge in [0.2, 0.25) is 11.8 Å². The molecule has 0 saturated heterocycles. The summed E-state index contributed by atoms with van der Waals surface area (Å²) >= 11 is 0. The maximum Gasteiger partial charge on any atom is 0.228 e. The summed E-state index contributed by atoms with van der Waals surface area (Å²) in [6.07, 6.45) is 2.92. The van der Waals surface area contributed by atoms with Crippen LogP contribution in [-0.4, -0.2) is 17.9 Å². The summed E-state index contributed by atoms with van der Waals surface area (Å²) in [4.78, 5) is 23.3. The van der Waals surface area contributed by atoms with Gasteiger partial charge in [-0.2, -0.15) is 0 Å². The lowest BCUT2D eigenvalue weighted by atomic mass is 10.1. The second kappa shape index (κ2) is 5.81. The number of nitrogens with one attached hydrogen (secondary N) is 2. The second-order valence-corrected chi connectivity index (χ2v) is 5.36. The van der Waals surface area contributed by atoms with Gasteiger partial charge in [-0.3, -0.25) is 9.59 Å². The summed E-state index contributed by atoms with van der Waals surface area (Å²) < 4.78 is 0. The number of hydrogen-bond donors (Lipinski definition) is 3. The number of carbonyl (C=O) groups is 2. The van der Waals surface area contributed by atoms with Crippen LogP contribution in [0.3, 0.4) is 0 Å². The van der Waals surface area contributed by atoms with Crippen LogP contribution in [0.1, 0.15) is 24.8 Å². The van der Waals surface area contributed by atoms with Crippen molar-refractivity contribution in [3.63, 3.8) is 0 Å². The van der Waals surface area contributed by atoms with E-state index in [1.165, 1.54) is 0 Å². The van der Waals surface area contributed by atoms with Crippen LogP contribution in [0.25, 0.3) is 0 Å². The third-order valence-electron chi connectivity index (χ3n) is 3.84. The van der Waals surface area contributed by atoms with Crippen molar-refractivity contribution in [1.29, 1.82) is 0 Å². The SMILES string of the molecule is Cl.NC1CCC(C(=O)Nc2ccc3c(c2)CC(=O)N3)C1. The zero-order chi connectivity index (χ0) is 13.4. The fraction of sp³-hybridized carbons (Fsp3) is 0.429. The number of fused-ring (bicyclic) bond motifs is 1. The van der Waals surface area contributed by atoms with Crippen molar-refractivity contribution in [3.8, 4) is 0 Å². The molecular formula is C14H18ClN3O2. The van der Waals surface area contributed by atoms with Crippen molar-refractivity contribution in [3.05, 3.63) is 23.8 Å². The third-order valence-corrected chi connectivity index (χ3v) is 3.84. The fourth-order valence-electron chi connectivity index (χ4n) is 2.81. The molecule has 1 fully saturated rings. The molecule has 0 spiro atoms. The lowest BCUT2D eigenvalue weighted by molar-refractivity contribution is -0.119. The first-order chi connectivity index (χ1) is 9.11. The zero-order valence-electron chi connectivity index (χ0n) is 11.0. The van der Waals surface area contributed by atoms with Gasteiger partial charge >= 0.3 is 0 Å². The fourth-order valence-corrected chi connectivity index (χ4v) is 2.81. The molecule has 0 aromatic heterocycles. The lowest BCUT2D eigenvalue weighted by Crippen LogP contribution is -2.23. The number of carbonyl (C=O) groups excluding carboxylic acids is 2. The van der Waals surface area contributed by atoms with Crippen LogP contribution >= 0.6 is 12.4 Å². The molecule has 1 aromatic rings. The van der Waals surface area contributed by atoms with Gasteiger partial charge in [0.15, 0.2) is 0 Å². The quantitative estimate of drug-likeness (QED) is 0.776. The second-order valence-electron chi connectivity index (χ2n) is 5.36. The van der Waals surface area contributed by atoms with Crippen LogP contribution in [0.2, 0.25) is 0 Å². The molecule has 1 saturated carbocycles. The highest BCUT2D eigenvalue weighted by molar-refractivity contribution is 6.00. The molecule has 1 aliphatic carbocycles. The number of hydrogen-bond acceptors (Lipinski definition) is 3. The Labute approximate surface area is 123 Å². The molecule has 2 amide bonds. The maximum absolute atomic E-state index is 12.1. The molecule has 1 heterocycles. The summed E-state index contributed by atoms with van der Waals surface area (Å²) in [6, 6.07) is 5.66. The highest BCUT2D eigenvalue weighted by Crippen LogP contribution is 2.28. The first-order valence-electron chi connectivity index (χ1n) is 6.61. The minimum absolute atomic E-state index is 0. The van der Waals surface area contributed by atoms with Gasteiger partial charge in [-0.1, -0.05) is 0 Å². The maximum atomic E-state index is 12.1. The number of nitrogens with two attached hydrogens (primary N) is 1. The first kappa shape index (κ1) is 14.8. The third kappa shape index (κ3) is 2.94. The average molecular weight is 296 g/mol. The van der Waals surface area contributed by atoms with E-state index in [1.54, 1.807) is 0 Å². The molecule has 5 nitrogen and oxygen atoms in total. The summed E-state index contributed by atoms with van der Waals surface area (Å²) in [5.74, 6) is 0.0495. The molecule has 108 valence electrons. The largest absolute Gasteiger partial charge is 0.328 e. The summed E-state index contributed by atoms with van der Waals surface area (Å²) in [5, 5.41) is 5.69. The molecule has 0 radical (unpaired) electrons. The van der Waals surface area contributed by atoms with E-state index < -0.39 is 0 Å². The van der Waals surface area contributed by atoms with E-state index in [9.17, 15) is 9.59 Å². The van der Waals surface area contributed by atoms with Gasteiger partial charge in [0.1, 0.15) is 0 Å². The molecule has 0 bridgehead atoms. The van der Waals surface area contributed by atoms with Crippen molar-refractivity contribution < 1.29 is 9.59 Å². The van der Waals surface area contributed by atoms with Crippen LogP contribution in [0.4, 0.5) is 11.4 Å². The van der Waals surface area contributed by atoms with Gasteiger partial charge in [0.25, 0.3) is 0 Å². The topological polar surface area (TPSA) is 84.2 Å². The summed E-state index contributed by atoms with van der Waals surface area (Å²) in [5.41, 5.74) is 8.35. The number of anilines is 2. The molecule has 1 aromatic carbocycles. The van der Waals surface area contributed by atoms with Gasteiger partial charge in [-0.15, -0.1) is 12.4 Å². The normalized spacial score (nSPS) is 23.8. The van der Waals surface area contributed by atoms with Crippen molar-refractivity contribution in [1.82, 2.24) is 0 Å². The number of rotatable bonds is 2. The highest BCUT2D eigenvalue weighted by Gasteiger charge is 2.28. The van der Waals surface area contributed by atoms with Crippen LogP contribution in [0, 0.1) is 5.92 Å². The predicted molar refractivity (Wildman–Crippen MR) is 80.0 cm³/mol. The molecule has 20 heavy (non-hydrogen) atoms. The van der Waals surface area contributed by atoms with Crippen LogP contribution in [-0.2, 0) is 16.0 Å². The molecule has 2 aliphatic rings. The Morgan fingerprint density at radius 2 is 2.15 bits per heavy atom. The minimum atomic E-state index is 0. The summed E-state index contributed by atoms with van der Waals surface area (Å²) in [6.45, 7) is 0. The number of halogens is 1. The molecule has 3 rings (SSSR count). The average Bonchev–Trinajstić information content (AvgIpc) is 2.93. The Morgan fingerprint density at radius 1 is 1.35 bits per heavy atom. The minimum Gasteiger partial charge on any atom is -0.328 e. The molecule has 2 atom stereocenters. The van der Waals surface area contributed by atoms with Crippen LogP contribution in [0.15, 0.2) is 18.2 Å². The molecular weight excluding hydrogens is 278 g/mol. The molecule has 4 N–H and O–H groups in total. The van der Waals surface area contributed by atoms with Crippen LogP contribution in [0.5, 0.6) is 0 Å². The van der Waals surface area contributed by atoms with Gasteiger partial charge in [-0.05, 0) is 43.0 Å². The predicted octanol–water partition coefficient (Wildman–Crippen LogP) is 1.67. The van der Waals surface area contributed by atoms with Gasteiger partial charge in [0, 0.05) is 23.3 Å². The van der Waals surface area contributed by atoms with E-state index in [4.69, 9.17) is 5.73 Å². The van der Waals surface area contributed by atoms with Gasteiger partial charge < -0.3 is 16.4 Å². The smallest absolute Gasteiger partial charge is 0.228 e. The van der Waals surface area contributed by atoms with E-state index in [1.807, 2.05) is 18.2 Å². The lowest BCUT2D eigenvalue weighted by Gasteiger charge is -2.11. The van der Waals surface area contributed by atoms with Crippen molar-refractivity contribution in [2.45, 2.75) is 31.7 Å². The van der Waals surface area contributed by atoms with Crippen molar-refractivity contribution in [2.24, 2.45) is 11.7 Å². The molecule has 6 heteroatoms. The zero-order valence-corrected chi connectivity index (χ0v) is 11.8. The Balaban J connectivity index is 0.00000147. The van der Waals surface area contributed by atoms with E-state index in [-0.39, 0.29) is 36.2 Å². The first-order valence-corrected chi connectivity index (χ1v) is 6.61. The number of benzene rings is 1. The van der Waals surface area contributed by atoms with E-state index in [0.717, 1.165) is 36.2 Å². The standard InChI is InChI=1S/C14H17N3O2.ClH/c15-10-2-1-8(5-10)14(19)16-11-3-4-12-9(6-11)7-13(18)17-12;/h3-4,6,8,10H,1-2,5,7,15H2,(H,16,19)(H,17,18);1H. The molecule has 2 unspecified atom stereocenters. The Bertz CT molecular complexity index is 547. The monoisotopic (exact) mass is 295 g/mol.